The lowest BCUT2D eigenvalue weighted by molar-refractivity contribution is -0.125. The van der Waals surface area contributed by atoms with E-state index < -0.39 is 11.4 Å². The van der Waals surface area contributed by atoms with Crippen LogP contribution in [-0.4, -0.2) is 33.4 Å². The number of rotatable bonds is 5. The number of likely N-dealkylation sites (tertiary alicyclic amines) is 1. The molecule has 0 bridgehead atoms. The van der Waals surface area contributed by atoms with Crippen molar-refractivity contribution >= 4 is 45.7 Å². The van der Waals surface area contributed by atoms with Gasteiger partial charge in [-0.05, 0) is 63.1 Å². The molecule has 0 aliphatic carbocycles. The second kappa shape index (κ2) is 9.04. The molecule has 1 amide bonds. The number of nitrogens with zero attached hydrogens (tertiary/aromatic N) is 3. The van der Waals surface area contributed by atoms with Crippen molar-refractivity contribution < 1.29 is 9.18 Å². The molecule has 0 radical (unpaired) electrons. The Morgan fingerprint density at radius 1 is 1.29 bits per heavy atom. The van der Waals surface area contributed by atoms with Crippen molar-refractivity contribution in [1.82, 2.24) is 14.5 Å². The van der Waals surface area contributed by atoms with Crippen LogP contribution in [-0.2, 0) is 10.3 Å². The number of aryl methyl sites for hydroxylation is 1. The van der Waals surface area contributed by atoms with E-state index in [2.05, 4.69) is 16.9 Å². The van der Waals surface area contributed by atoms with Gasteiger partial charge in [0.1, 0.15) is 5.82 Å². The SMILES string of the molecule is C=CC(=O)N1CC[C@](Nc2ccc3ncn(C(C)C)c(=O)c3c2C)(c2c(F)ccc(Cl)c2Cl)C1. The zero-order valence-corrected chi connectivity index (χ0v) is 20.7. The number of carbonyl (C=O) groups is 1. The van der Waals surface area contributed by atoms with E-state index in [0.717, 1.165) is 0 Å². The van der Waals surface area contributed by atoms with Gasteiger partial charge in [0.05, 0.1) is 32.8 Å². The Hall–Kier alpha value is -2.90. The molecule has 9 heteroatoms. The van der Waals surface area contributed by atoms with E-state index in [1.165, 1.54) is 18.2 Å². The van der Waals surface area contributed by atoms with Crippen LogP contribution in [0.15, 0.2) is 48.0 Å². The molecule has 2 aromatic carbocycles. The number of anilines is 1. The maximum absolute atomic E-state index is 15.2. The lowest BCUT2D eigenvalue weighted by Crippen LogP contribution is -2.41. The van der Waals surface area contributed by atoms with E-state index in [4.69, 9.17) is 23.2 Å². The minimum atomic E-state index is -1.07. The highest BCUT2D eigenvalue weighted by Gasteiger charge is 2.44. The van der Waals surface area contributed by atoms with E-state index in [0.29, 0.717) is 35.1 Å². The smallest absolute Gasteiger partial charge is 0.261 e. The second-order valence-electron chi connectivity index (χ2n) is 8.82. The minimum absolute atomic E-state index is 0.0561. The number of hydrogen-bond donors (Lipinski definition) is 1. The van der Waals surface area contributed by atoms with Crippen molar-refractivity contribution in [3.8, 4) is 0 Å². The molecule has 4 rings (SSSR count). The molecular formula is C25H25Cl2FN4O2. The summed E-state index contributed by atoms with van der Waals surface area (Å²) >= 11 is 12.8. The monoisotopic (exact) mass is 502 g/mol. The molecule has 1 N–H and O–H groups in total. The summed E-state index contributed by atoms with van der Waals surface area (Å²) in [6.45, 7) is 9.73. The van der Waals surface area contributed by atoms with Crippen molar-refractivity contribution in [2.24, 2.45) is 0 Å². The molecule has 2 heterocycles. The van der Waals surface area contributed by atoms with E-state index in [-0.39, 0.29) is 39.7 Å². The molecule has 1 aliphatic rings. The maximum atomic E-state index is 15.2. The van der Waals surface area contributed by atoms with Gasteiger partial charge in [-0.25, -0.2) is 9.37 Å². The molecule has 1 saturated heterocycles. The first kappa shape index (κ1) is 24.2. The Kier molecular flexibility index (Phi) is 6.44. The fourth-order valence-electron chi connectivity index (χ4n) is 4.60. The summed E-state index contributed by atoms with van der Waals surface area (Å²) in [4.78, 5) is 31.6. The standard InChI is InChI=1S/C25H25Cl2FN4O2/c1-5-20(33)31-11-10-25(12-31,22-17(28)7-6-16(26)23(22)27)30-18-8-9-19-21(15(18)4)24(34)32(13-29-19)14(2)3/h5-9,13-14,30H,1,10-12H2,2-4H3/t25-/m1/s1. The fraction of sp³-hybridized carbons (Fsp3) is 0.320. The predicted molar refractivity (Wildman–Crippen MR) is 134 cm³/mol. The summed E-state index contributed by atoms with van der Waals surface area (Å²) < 4.78 is 16.8. The first-order valence-corrected chi connectivity index (χ1v) is 11.7. The third-order valence-corrected chi connectivity index (χ3v) is 7.23. The molecule has 0 unspecified atom stereocenters. The van der Waals surface area contributed by atoms with Gasteiger partial charge in [0, 0.05) is 30.4 Å². The summed E-state index contributed by atoms with van der Waals surface area (Å²) in [6, 6.07) is 6.17. The first-order chi connectivity index (χ1) is 16.1. The average molecular weight is 503 g/mol. The van der Waals surface area contributed by atoms with Gasteiger partial charge in [0.2, 0.25) is 5.91 Å². The van der Waals surface area contributed by atoms with Crippen LogP contribution in [0, 0.1) is 12.7 Å². The fourth-order valence-corrected chi connectivity index (χ4v) is 5.09. The summed E-state index contributed by atoms with van der Waals surface area (Å²) in [5.74, 6) is -0.793. The van der Waals surface area contributed by atoms with Gasteiger partial charge in [0.15, 0.2) is 0 Å². The normalized spacial score (nSPS) is 18.0. The van der Waals surface area contributed by atoms with E-state index in [9.17, 15) is 9.59 Å². The Labute approximate surface area is 207 Å². The lowest BCUT2D eigenvalue weighted by Gasteiger charge is -2.34. The predicted octanol–water partition coefficient (Wildman–Crippen LogP) is 5.46. The van der Waals surface area contributed by atoms with Crippen LogP contribution in [0.3, 0.4) is 0 Å². The van der Waals surface area contributed by atoms with Crippen LogP contribution in [0.25, 0.3) is 10.9 Å². The van der Waals surface area contributed by atoms with Gasteiger partial charge in [-0.3, -0.25) is 14.2 Å². The van der Waals surface area contributed by atoms with Crippen LogP contribution in [0.5, 0.6) is 0 Å². The largest absolute Gasteiger partial charge is 0.373 e. The summed E-state index contributed by atoms with van der Waals surface area (Å²) in [5, 5.41) is 4.22. The number of hydrogen-bond acceptors (Lipinski definition) is 4. The Balaban J connectivity index is 1.90. The quantitative estimate of drug-likeness (QED) is 0.371. The van der Waals surface area contributed by atoms with Crippen LogP contribution < -0.4 is 10.9 Å². The summed E-state index contributed by atoms with van der Waals surface area (Å²) in [6.07, 6.45) is 3.15. The third kappa shape index (κ3) is 3.97. The Morgan fingerprint density at radius 2 is 2.03 bits per heavy atom. The van der Waals surface area contributed by atoms with Crippen molar-refractivity contribution in [2.45, 2.75) is 38.8 Å². The van der Waals surface area contributed by atoms with Crippen LogP contribution in [0.4, 0.5) is 10.1 Å². The third-order valence-electron chi connectivity index (χ3n) is 6.42. The zero-order valence-electron chi connectivity index (χ0n) is 19.2. The van der Waals surface area contributed by atoms with Crippen molar-refractivity contribution in [3.63, 3.8) is 0 Å². The van der Waals surface area contributed by atoms with Crippen molar-refractivity contribution in [1.29, 1.82) is 0 Å². The average Bonchev–Trinajstić information content (AvgIpc) is 3.22. The molecule has 1 atom stereocenters. The highest BCUT2D eigenvalue weighted by Crippen LogP contribution is 2.43. The topological polar surface area (TPSA) is 67.2 Å². The van der Waals surface area contributed by atoms with Crippen LogP contribution in [0.1, 0.15) is 37.4 Å². The Bertz CT molecular complexity index is 1370. The number of nitrogens with one attached hydrogen (secondary N) is 1. The number of fused-ring (bicyclic) bond motifs is 1. The highest BCUT2D eigenvalue weighted by atomic mass is 35.5. The van der Waals surface area contributed by atoms with Gasteiger partial charge in [0.25, 0.3) is 5.56 Å². The highest BCUT2D eigenvalue weighted by molar-refractivity contribution is 6.42. The maximum Gasteiger partial charge on any atom is 0.261 e. The molecule has 178 valence electrons. The molecule has 1 aromatic heterocycles. The van der Waals surface area contributed by atoms with Gasteiger partial charge in [-0.15, -0.1) is 0 Å². The molecular weight excluding hydrogens is 478 g/mol. The molecule has 1 aliphatic heterocycles. The molecule has 0 saturated carbocycles. The second-order valence-corrected chi connectivity index (χ2v) is 9.61. The molecule has 34 heavy (non-hydrogen) atoms. The Morgan fingerprint density at radius 3 is 2.71 bits per heavy atom. The van der Waals surface area contributed by atoms with Gasteiger partial charge in [-0.2, -0.15) is 0 Å². The minimum Gasteiger partial charge on any atom is -0.373 e. The first-order valence-electron chi connectivity index (χ1n) is 10.9. The number of aromatic nitrogens is 2. The molecule has 3 aromatic rings. The van der Waals surface area contributed by atoms with E-state index >= 15 is 4.39 Å². The van der Waals surface area contributed by atoms with E-state index in [1.807, 2.05) is 20.8 Å². The number of amides is 1. The van der Waals surface area contributed by atoms with Crippen LogP contribution >= 0.6 is 23.2 Å². The van der Waals surface area contributed by atoms with Crippen LogP contribution in [0.2, 0.25) is 10.0 Å². The summed E-state index contributed by atoms with van der Waals surface area (Å²) in [5.41, 5.74) is 0.833. The zero-order chi connectivity index (χ0) is 24.8. The molecule has 6 nitrogen and oxygen atoms in total. The van der Waals surface area contributed by atoms with Gasteiger partial charge >= 0.3 is 0 Å². The number of halogens is 3. The lowest BCUT2D eigenvalue weighted by atomic mass is 9.87. The molecule has 1 fully saturated rings. The molecule has 0 spiro atoms. The van der Waals surface area contributed by atoms with Gasteiger partial charge in [-0.1, -0.05) is 29.8 Å². The van der Waals surface area contributed by atoms with Gasteiger partial charge < -0.3 is 10.2 Å². The summed E-state index contributed by atoms with van der Waals surface area (Å²) in [7, 11) is 0. The van der Waals surface area contributed by atoms with Crippen molar-refractivity contribution in [3.05, 3.63) is 80.6 Å². The van der Waals surface area contributed by atoms with Crippen molar-refractivity contribution in [2.75, 3.05) is 18.4 Å². The van der Waals surface area contributed by atoms with E-state index in [1.54, 1.807) is 27.9 Å². The number of carbonyl (C=O) groups excluding carboxylic acids is 1. The number of benzene rings is 2.